The molecule has 0 fully saturated rings. The highest BCUT2D eigenvalue weighted by Crippen LogP contribution is 2.19. The maximum Gasteiger partial charge on any atom is 0.242 e. The zero-order valence-electron chi connectivity index (χ0n) is 20.0. The molecule has 0 saturated carbocycles. The van der Waals surface area contributed by atoms with Crippen molar-refractivity contribution in [2.24, 2.45) is 0 Å². The molecule has 1 N–H and O–H groups in total. The van der Waals surface area contributed by atoms with E-state index >= 15 is 0 Å². The van der Waals surface area contributed by atoms with Crippen LogP contribution in [0.1, 0.15) is 63.1 Å². The van der Waals surface area contributed by atoms with Crippen LogP contribution in [-0.4, -0.2) is 36.4 Å². The van der Waals surface area contributed by atoms with Crippen LogP contribution >= 0.6 is 0 Å². The summed E-state index contributed by atoms with van der Waals surface area (Å²) in [7, 11) is 1.63. The largest absolute Gasteiger partial charge is 0.497 e. The molecule has 1 atom stereocenters. The van der Waals surface area contributed by atoms with Crippen LogP contribution in [0.25, 0.3) is 0 Å². The van der Waals surface area contributed by atoms with E-state index in [0.717, 1.165) is 36.1 Å². The second-order valence-electron chi connectivity index (χ2n) is 8.11. The van der Waals surface area contributed by atoms with E-state index in [9.17, 15) is 9.59 Å². The monoisotopic (exact) mass is 438 g/mol. The Morgan fingerprint density at radius 2 is 1.72 bits per heavy atom. The zero-order chi connectivity index (χ0) is 23.3. The number of carbonyl (C=O) groups excluding carboxylic acids is 2. The Bertz CT molecular complexity index is 848. The van der Waals surface area contributed by atoms with Crippen LogP contribution in [0.2, 0.25) is 0 Å². The lowest BCUT2D eigenvalue weighted by molar-refractivity contribution is -0.141. The fourth-order valence-electron chi connectivity index (χ4n) is 3.73. The molecule has 5 heteroatoms. The number of aryl methyl sites for hydroxylation is 2. The molecular weight excluding hydrogens is 400 g/mol. The Labute approximate surface area is 193 Å². The van der Waals surface area contributed by atoms with Gasteiger partial charge in [-0.3, -0.25) is 9.59 Å². The van der Waals surface area contributed by atoms with Gasteiger partial charge in [-0.1, -0.05) is 63.6 Å². The summed E-state index contributed by atoms with van der Waals surface area (Å²) >= 11 is 0. The molecule has 2 rings (SSSR count). The first kappa shape index (κ1) is 25.4. The number of hydrogen-bond acceptors (Lipinski definition) is 3. The third kappa shape index (κ3) is 7.70. The molecule has 32 heavy (non-hydrogen) atoms. The Kier molecular flexibility index (Phi) is 10.8. The van der Waals surface area contributed by atoms with Gasteiger partial charge in [0.15, 0.2) is 0 Å². The third-order valence-corrected chi connectivity index (χ3v) is 5.76. The van der Waals surface area contributed by atoms with Gasteiger partial charge >= 0.3 is 0 Å². The lowest BCUT2D eigenvalue weighted by atomic mass is 10.0. The van der Waals surface area contributed by atoms with E-state index in [-0.39, 0.29) is 11.8 Å². The van der Waals surface area contributed by atoms with Crippen molar-refractivity contribution in [3.63, 3.8) is 0 Å². The van der Waals surface area contributed by atoms with Gasteiger partial charge in [0.2, 0.25) is 11.8 Å². The highest BCUT2D eigenvalue weighted by molar-refractivity contribution is 5.87. The van der Waals surface area contributed by atoms with Gasteiger partial charge in [0.05, 0.1) is 7.11 Å². The normalized spacial score (nSPS) is 11.6. The number of benzene rings is 2. The van der Waals surface area contributed by atoms with Gasteiger partial charge in [-0.25, -0.2) is 0 Å². The number of nitrogens with one attached hydrogen (secondary N) is 1. The lowest BCUT2D eigenvalue weighted by Crippen LogP contribution is -2.49. The molecule has 1 unspecified atom stereocenters. The van der Waals surface area contributed by atoms with Crippen molar-refractivity contribution in [3.05, 3.63) is 65.2 Å². The minimum atomic E-state index is -0.493. The van der Waals surface area contributed by atoms with Gasteiger partial charge in [-0.2, -0.15) is 0 Å². The maximum atomic E-state index is 13.3. The molecule has 0 radical (unpaired) electrons. The summed E-state index contributed by atoms with van der Waals surface area (Å²) in [5, 5.41) is 3.01. The van der Waals surface area contributed by atoms with Crippen molar-refractivity contribution < 1.29 is 14.3 Å². The second kappa shape index (κ2) is 13.6. The van der Waals surface area contributed by atoms with Crippen LogP contribution < -0.4 is 10.1 Å². The Hall–Kier alpha value is -2.82. The molecule has 2 amide bonds. The van der Waals surface area contributed by atoms with E-state index in [2.05, 4.69) is 43.4 Å². The Morgan fingerprint density at radius 3 is 2.34 bits per heavy atom. The summed E-state index contributed by atoms with van der Waals surface area (Å²) in [6.07, 6.45) is 4.54. The van der Waals surface area contributed by atoms with Gasteiger partial charge in [0.25, 0.3) is 0 Å². The molecule has 0 bridgehead atoms. The van der Waals surface area contributed by atoms with Crippen molar-refractivity contribution in [2.75, 3.05) is 13.7 Å². The molecule has 0 aliphatic carbocycles. The van der Waals surface area contributed by atoms with Gasteiger partial charge < -0.3 is 15.0 Å². The number of carbonyl (C=O) groups is 2. The predicted octanol–water partition coefficient (Wildman–Crippen LogP) is 4.91. The van der Waals surface area contributed by atoms with Crippen molar-refractivity contribution >= 4 is 11.8 Å². The van der Waals surface area contributed by atoms with E-state index < -0.39 is 6.04 Å². The van der Waals surface area contributed by atoms with Crippen LogP contribution in [0.3, 0.4) is 0 Å². The van der Waals surface area contributed by atoms with Crippen LogP contribution in [0.4, 0.5) is 0 Å². The Morgan fingerprint density at radius 1 is 1.00 bits per heavy atom. The number of rotatable bonds is 13. The molecule has 174 valence electrons. The van der Waals surface area contributed by atoms with Crippen molar-refractivity contribution in [1.82, 2.24) is 10.2 Å². The summed E-state index contributed by atoms with van der Waals surface area (Å²) in [6.45, 7) is 7.20. The summed E-state index contributed by atoms with van der Waals surface area (Å²) in [5.41, 5.74) is 3.37. The molecule has 5 nitrogen and oxygen atoms in total. The van der Waals surface area contributed by atoms with Gasteiger partial charge in [-0.15, -0.1) is 0 Å². The number of unbranched alkanes of at least 4 members (excludes halogenated alkanes) is 1. The first-order chi connectivity index (χ1) is 15.5. The predicted molar refractivity (Wildman–Crippen MR) is 130 cm³/mol. The van der Waals surface area contributed by atoms with E-state index in [4.69, 9.17) is 4.74 Å². The van der Waals surface area contributed by atoms with Crippen LogP contribution in [0, 0.1) is 0 Å². The second-order valence-corrected chi connectivity index (χ2v) is 8.11. The number of amides is 2. The lowest BCUT2D eigenvalue weighted by Gasteiger charge is -2.31. The molecule has 0 saturated heterocycles. The third-order valence-electron chi connectivity index (χ3n) is 5.76. The highest BCUT2D eigenvalue weighted by Gasteiger charge is 2.28. The standard InChI is InChI=1S/C27H38N2O3/c1-5-8-18-28-27(31)25(7-3)29(20-23-10-9-11-24(19-23)32-4)26(30)17-16-22-14-12-21(6-2)13-15-22/h9-15,19,25H,5-8,16-18,20H2,1-4H3,(H,28,31). The van der Waals surface area contributed by atoms with Crippen LogP contribution in [-0.2, 0) is 29.0 Å². The first-order valence-corrected chi connectivity index (χ1v) is 11.8. The minimum absolute atomic E-state index is 0.00937. The summed E-state index contributed by atoms with van der Waals surface area (Å²) in [5.74, 6) is 0.653. The van der Waals surface area contributed by atoms with E-state index in [1.807, 2.05) is 31.2 Å². The van der Waals surface area contributed by atoms with Crippen molar-refractivity contribution in [3.8, 4) is 5.75 Å². The average molecular weight is 439 g/mol. The SMILES string of the molecule is CCCCNC(=O)C(CC)N(Cc1cccc(OC)c1)C(=O)CCc1ccc(CC)cc1. The first-order valence-electron chi connectivity index (χ1n) is 11.8. The smallest absolute Gasteiger partial charge is 0.242 e. The molecule has 0 aliphatic heterocycles. The number of methoxy groups -OCH3 is 1. The minimum Gasteiger partial charge on any atom is -0.497 e. The molecule has 2 aromatic carbocycles. The zero-order valence-corrected chi connectivity index (χ0v) is 20.0. The van der Waals surface area contributed by atoms with E-state index in [0.29, 0.717) is 32.4 Å². The summed E-state index contributed by atoms with van der Waals surface area (Å²) < 4.78 is 5.34. The highest BCUT2D eigenvalue weighted by atomic mass is 16.5. The van der Waals surface area contributed by atoms with Crippen molar-refractivity contribution in [2.45, 2.75) is 71.9 Å². The van der Waals surface area contributed by atoms with Crippen LogP contribution in [0.5, 0.6) is 5.75 Å². The summed E-state index contributed by atoms with van der Waals surface area (Å²) in [4.78, 5) is 28.0. The number of nitrogens with zero attached hydrogens (tertiary/aromatic N) is 1. The number of hydrogen-bond donors (Lipinski definition) is 1. The quantitative estimate of drug-likeness (QED) is 0.452. The van der Waals surface area contributed by atoms with E-state index in [1.165, 1.54) is 5.56 Å². The molecule has 0 aliphatic rings. The molecule has 0 spiro atoms. The topological polar surface area (TPSA) is 58.6 Å². The Balaban J connectivity index is 2.17. The van der Waals surface area contributed by atoms with Gasteiger partial charge in [-0.05, 0) is 54.5 Å². The molecule has 2 aromatic rings. The summed E-state index contributed by atoms with van der Waals surface area (Å²) in [6, 6.07) is 15.6. The molecule has 0 aromatic heterocycles. The van der Waals surface area contributed by atoms with Gasteiger partial charge in [0, 0.05) is 19.5 Å². The fourth-order valence-corrected chi connectivity index (χ4v) is 3.73. The maximum absolute atomic E-state index is 13.3. The van der Waals surface area contributed by atoms with Gasteiger partial charge in [0.1, 0.15) is 11.8 Å². The van der Waals surface area contributed by atoms with Crippen molar-refractivity contribution in [1.29, 1.82) is 0 Å². The molecule has 0 heterocycles. The fraction of sp³-hybridized carbons (Fsp3) is 0.481. The number of ether oxygens (including phenoxy) is 1. The van der Waals surface area contributed by atoms with E-state index in [1.54, 1.807) is 12.0 Å². The average Bonchev–Trinajstić information content (AvgIpc) is 2.83. The molecular formula is C27H38N2O3. The van der Waals surface area contributed by atoms with Crippen LogP contribution in [0.15, 0.2) is 48.5 Å².